The SMILES string of the molecule is CCn1nccc1C(=O)N1CC(F)CC1Cn1cc(C(=O)NCc2ccccc2)nn1. The van der Waals surface area contributed by atoms with Gasteiger partial charge in [-0.15, -0.1) is 5.10 Å². The van der Waals surface area contributed by atoms with E-state index in [1.54, 1.807) is 16.9 Å². The van der Waals surface area contributed by atoms with E-state index in [1.807, 2.05) is 37.3 Å². The molecule has 0 spiro atoms. The van der Waals surface area contributed by atoms with Gasteiger partial charge in [-0.3, -0.25) is 14.3 Å². The lowest BCUT2D eigenvalue weighted by molar-refractivity contribution is 0.0701. The van der Waals surface area contributed by atoms with Crippen molar-refractivity contribution in [3.8, 4) is 0 Å². The van der Waals surface area contributed by atoms with Crippen molar-refractivity contribution in [2.75, 3.05) is 6.54 Å². The Balaban J connectivity index is 1.40. The molecule has 0 saturated carbocycles. The molecule has 1 saturated heterocycles. The van der Waals surface area contributed by atoms with E-state index in [4.69, 9.17) is 0 Å². The molecule has 2 atom stereocenters. The number of hydrogen-bond acceptors (Lipinski definition) is 5. The van der Waals surface area contributed by atoms with Crippen LogP contribution in [0.5, 0.6) is 0 Å². The summed E-state index contributed by atoms with van der Waals surface area (Å²) in [5.41, 5.74) is 1.58. The number of benzene rings is 1. The van der Waals surface area contributed by atoms with Gasteiger partial charge in [-0.05, 0) is 18.6 Å². The Hall–Kier alpha value is -3.56. The number of aryl methyl sites for hydroxylation is 1. The van der Waals surface area contributed by atoms with Gasteiger partial charge in [0, 0.05) is 25.7 Å². The van der Waals surface area contributed by atoms with E-state index < -0.39 is 6.17 Å². The first-order valence-electron chi connectivity index (χ1n) is 10.2. The van der Waals surface area contributed by atoms with Crippen LogP contribution in [0.1, 0.15) is 39.9 Å². The number of rotatable bonds is 7. The molecular formula is C21H24FN7O2. The summed E-state index contributed by atoms with van der Waals surface area (Å²) in [5.74, 6) is -0.602. The molecule has 1 aliphatic rings. The highest BCUT2D eigenvalue weighted by Crippen LogP contribution is 2.24. The Kier molecular flexibility index (Phi) is 6.06. The zero-order chi connectivity index (χ0) is 21.8. The van der Waals surface area contributed by atoms with Crippen molar-refractivity contribution in [3.05, 3.63) is 65.7 Å². The van der Waals surface area contributed by atoms with Crippen molar-refractivity contribution < 1.29 is 14.0 Å². The number of amides is 2. The first-order chi connectivity index (χ1) is 15.0. The first kappa shape index (κ1) is 20.7. The molecule has 1 aliphatic heterocycles. The lowest BCUT2D eigenvalue weighted by Gasteiger charge is -2.24. The van der Waals surface area contributed by atoms with E-state index in [2.05, 4.69) is 20.7 Å². The standard InChI is InChI=1S/C21H24FN7O2/c1-2-29-19(8-9-24-29)21(31)28-12-16(22)10-17(28)13-27-14-18(25-26-27)20(30)23-11-15-6-4-3-5-7-15/h3-9,14,16-17H,2,10-13H2,1H3,(H,23,30). The molecule has 0 aliphatic carbocycles. The van der Waals surface area contributed by atoms with Crippen LogP contribution in [0.4, 0.5) is 4.39 Å². The van der Waals surface area contributed by atoms with Crippen LogP contribution in [-0.4, -0.2) is 60.2 Å². The number of carbonyl (C=O) groups is 2. The molecule has 31 heavy (non-hydrogen) atoms. The highest BCUT2D eigenvalue weighted by Gasteiger charge is 2.37. The Morgan fingerprint density at radius 3 is 2.81 bits per heavy atom. The largest absolute Gasteiger partial charge is 0.347 e. The molecular weight excluding hydrogens is 401 g/mol. The van der Waals surface area contributed by atoms with Gasteiger partial charge in [0.2, 0.25) is 0 Å². The molecule has 3 aromatic rings. The van der Waals surface area contributed by atoms with Gasteiger partial charge >= 0.3 is 0 Å². The zero-order valence-electron chi connectivity index (χ0n) is 17.2. The van der Waals surface area contributed by atoms with E-state index >= 15 is 0 Å². The third-order valence-corrected chi connectivity index (χ3v) is 5.32. The van der Waals surface area contributed by atoms with Gasteiger partial charge in [-0.25, -0.2) is 9.07 Å². The van der Waals surface area contributed by atoms with Crippen molar-refractivity contribution in [1.29, 1.82) is 0 Å². The van der Waals surface area contributed by atoms with Crippen molar-refractivity contribution >= 4 is 11.8 Å². The summed E-state index contributed by atoms with van der Waals surface area (Å²) in [6.07, 6.45) is 2.18. The van der Waals surface area contributed by atoms with Crippen molar-refractivity contribution in [3.63, 3.8) is 0 Å². The van der Waals surface area contributed by atoms with Crippen LogP contribution in [0.2, 0.25) is 0 Å². The average Bonchev–Trinajstić information content (AvgIpc) is 3.52. The molecule has 9 nitrogen and oxygen atoms in total. The lowest BCUT2D eigenvalue weighted by Crippen LogP contribution is -2.39. The number of likely N-dealkylation sites (tertiary alicyclic amines) is 1. The van der Waals surface area contributed by atoms with Gasteiger partial charge in [-0.1, -0.05) is 35.5 Å². The summed E-state index contributed by atoms with van der Waals surface area (Å²) in [4.78, 5) is 26.8. The molecule has 4 rings (SSSR count). The van der Waals surface area contributed by atoms with Crippen LogP contribution < -0.4 is 5.32 Å². The quantitative estimate of drug-likeness (QED) is 0.621. The predicted octanol–water partition coefficient (Wildman–Crippen LogP) is 1.68. The fraction of sp³-hybridized carbons (Fsp3) is 0.381. The molecule has 10 heteroatoms. The highest BCUT2D eigenvalue weighted by molar-refractivity contribution is 5.93. The van der Waals surface area contributed by atoms with E-state index in [0.717, 1.165) is 5.56 Å². The monoisotopic (exact) mass is 425 g/mol. The topological polar surface area (TPSA) is 97.9 Å². The van der Waals surface area contributed by atoms with Crippen LogP contribution in [0.3, 0.4) is 0 Å². The maximum absolute atomic E-state index is 14.2. The first-order valence-corrected chi connectivity index (χ1v) is 10.2. The number of carbonyl (C=O) groups excluding carboxylic acids is 2. The van der Waals surface area contributed by atoms with Gasteiger partial charge in [0.15, 0.2) is 5.69 Å². The fourth-order valence-corrected chi connectivity index (χ4v) is 3.77. The molecule has 1 N–H and O–H groups in total. The fourth-order valence-electron chi connectivity index (χ4n) is 3.77. The van der Waals surface area contributed by atoms with Gasteiger partial charge in [-0.2, -0.15) is 5.10 Å². The second-order valence-electron chi connectivity index (χ2n) is 7.47. The van der Waals surface area contributed by atoms with Gasteiger partial charge in [0.1, 0.15) is 11.9 Å². The summed E-state index contributed by atoms with van der Waals surface area (Å²) >= 11 is 0. The molecule has 3 heterocycles. The summed E-state index contributed by atoms with van der Waals surface area (Å²) in [5, 5.41) is 14.8. The van der Waals surface area contributed by atoms with Gasteiger partial charge < -0.3 is 10.2 Å². The van der Waals surface area contributed by atoms with Gasteiger partial charge in [0.25, 0.3) is 11.8 Å². The van der Waals surface area contributed by atoms with Crippen LogP contribution in [-0.2, 0) is 19.6 Å². The van der Waals surface area contributed by atoms with Crippen LogP contribution in [0, 0.1) is 0 Å². The Bertz CT molecular complexity index is 1050. The van der Waals surface area contributed by atoms with Crippen LogP contribution in [0.25, 0.3) is 0 Å². The molecule has 0 bridgehead atoms. The molecule has 1 aromatic carbocycles. The van der Waals surface area contributed by atoms with Crippen LogP contribution in [0.15, 0.2) is 48.8 Å². The second kappa shape index (κ2) is 9.07. The normalized spacial score (nSPS) is 18.3. The number of nitrogens with zero attached hydrogens (tertiary/aromatic N) is 6. The van der Waals surface area contributed by atoms with Crippen molar-refractivity contribution in [1.82, 2.24) is 35.0 Å². The third-order valence-electron chi connectivity index (χ3n) is 5.32. The predicted molar refractivity (Wildman–Crippen MR) is 110 cm³/mol. The van der Waals surface area contributed by atoms with E-state index in [1.165, 1.54) is 15.8 Å². The number of aromatic nitrogens is 5. The second-order valence-corrected chi connectivity index (χ2v) is 7.47. The molecule has 2 amide bonds. The summed E-state index contributed by atoms with van der Waals surface area (Å²) in [7, 11) is 0. The number of alkyl halides is 1. The minimum atomic E-state index is -1.11. The lowest BCUT2D eigenvalue weighted by atomic mass is 10.2. The van der Waals surface area contributed by atoms with E-state index in [0.29, 0.717) is 18.8 Å². The average molecular weight is 425 g/mol. The summed E-state index contributed by atoms with van der Waals surface area (Å²) < 4.78 is 17.3. The smallest absolute Gasteiger partial charge is 0.273 e. The molecule has 2 unspecified atom stereocenters. The Morgan fingerprint density at radius 2 is 2.03 bits per heavy atom. The molecule has 1 fully saturated rings. The molecule has 0 radical (unpaired) electrons. The minimum absolute atomic E-state index is 0.0253. The van der Waals surface area contributed by atoms with Gasteiger partial charge in [0.05, 0.1) is 25.3 Å². The Morgan fingerprint density at radius 1 is 1.23 bits per heavy atom. The van der Waals surface area contributed by atoms with Crippen molar-refractivity contribution in [2.45, 2.75) is 45.2 Å². The number of halogens is 1. The number of hydrogen-bond donors (Lipinski definition) is 1. The zero-order valence-corrected chi connectivity index (χ0v) is 17.2. The van der Waals surface area contributed by atoms with E-state index in [9.17, 15) is 14.0 Å². The number of nitrogens with one attached hydrogen (secondary N) is 1. The minimum Gasteiger partial charge on any atom is -0.347 e. The maximum atomic E-state index is 14.2. The van der Waals surface area contributed by atoms with Crippen molar-refractivity contribution in [2.24, 2.45) is 0 Å². The maximum Gasteiger partial charge on any atom is 0.273 e. The molecule has 2 aromatic heterocycles. The summed E-state index contributed by atoms with van der Waals surface area (Å²) in [6, 6.07) is 10.8. The van der Waals surface area contributed by atoms with E-state index in [-0.39, 0.29) is 43.1 Å². The Labute approximate surface area is 178 Å². The molecule has 162 valence electrons. The highest BCUT2D eigenvalue weighted by atomic mass is 19.1. The summed E-state index contributed by atoms with van der Waals surface area (Å²) in [6.45, 7) is 3.11. The van der Waals surface area contributed by atoms with Crippen LogP contribution >= 0.6 is 0 Å². The third kappa shape index (κ3) is 4.62.